The fourth-order valence-electron chi connectivity index (χ4n) is 2.62. The second kappa shape index (κ2) is 5.67. The van der Waals surface area contributed by atoms with Gasteiger partial charge in [0.2, 0.25) is 5.79 Å². The lowest BCUT2D eigenvalue weighted by atomic mass is 9.85. The van der Waals surface area contributed by atoms with Crippen molar-refractivity contribution in [3.8, 4) is 0 Å². The number of carbonyl (C=O) groups is 1. The second-order valence-corrected chi connectivity index (χ2v) is 6.04. The molecule has 0 amide bonds. The van der Waals surface area contributed by atoms with Gasteiger partial charge in [-0.05, 0) is 13.8 Å². The summed E-state index contributed by atoms with van der Waals surface area (Å²) in [5, 5.41) is 0. The van der Waals surface area contributed by atoms with Crippen molar-refractivity contribution in [3.05, 3.63) is 71.8 Å². The van der Waals surface area contributed by atoms with Crippen LogP contribution in [0.4, 0.5) is 0 Å². The summed E-state index contributed by atoms with van der Waals surface area (Å²) in [5.74, 6) is -0.862. The van der Waals surface area contributed by atoms with Crippen LogP contribution in [0.25, 0.3) is 0 Å². The number of hydrogen-bond acceptors (Lipinski definition) is 3. The van der Waals surface area contributed by atoms with Crippen LogP contribution in [0.1, 0.15) is 25.0 Å². The number of ketones is 1. The largest absolute Gasteiger partial charge is 0.341 e. The van der Waals surface area contributed by atoms with E-state index < -0.39 is 11.2 Å². The molecule has 3 heteroatoms. The lowest BCUT2D eigenvalue weighted by molar-refractivity contribution is -0.281. The normalized spacial score (nSPS) is 19.5. The molecule has 0 N–H and O–H groups in total. The van der Waals surface area contributed by atoms with E-state index in [2.05, 4.69) is 0 Å². The SMILES string of the molecule is CC(=O)C1(C)COC(c2ccccc2)(c2ccccc2)OC1. The molecule has 1 saturated heterocycles. The fourth-order valence-corrected chi connectivity index (χ4v) is 2.62. The highest BCUT2D eigenvalue weighted by atomic mass is 16.7. The van der Waals surface area contributed by atoms with Crippen LogP contribution in [0.3, 0.4) is 0 Å². The van der Waals surface area contributed by atoms with Gasteiger partial charge in [-0.3, -0.25) is 4.79 Å². The molecule has 1 aliphatic heterocycles. The van der Waals surface area contributed by atoms with Crippen LogP contribution >= 0.6 is 0 Å². The minimum Gasteiger partial charge on any atom is -0.341 e. The van der Waals surface area contributed by atoms with Crippen molar-refractivity contribution < 1.29 is 14.3 Å². The molecule has 3 rings (SSSR count). The molecule has 2 aromatic carbocycles. The molecule has 0 atom stereocenters. The van der Waals surface area contributed by atoms with Crippen molar-refractivity contribution in [2.45, 2.75) is 19.6 Å². The molecular weight excluding hydrogens is 276 g/mol. The van der Waals surface area contributed by atoms with Crippen LogP contribution in [0.15, 0.2) is 60.7 Å². The number of hydrogen-bond donors (Lipinski definition) is 0. The topological polar surface area (TPSA) is 35.5 Å². The predicted octanol–water partition coefficient (Wildman–Crippen LogP) is 3.53. The van der Waals surface area contributed by atoms with Crippen LogP contribution in [0, 0.1) is 5.41 Å². The summed E-state index contributed by atoms with van der Waals surface area (Å²) in [7, 11) is 0. The Morgan fingerprint density at radius 3 is 1.64 bits per heavy atom. The quantitative estimate of drug-likeness (QED) is 0.869. The van der Waals surface area contributed by atoms with Gasteiger partial charge in [0.05, 0.1) is 18.6 Å². The van der Waals surface area contributed by atoms with Crippen molar-refractivity contribution >= 4 is 5.78 Å². The summed E-state index contributed by atoms with van der Waals surface area (Å²) < 4.78 is 12.3. The van der Waals surface area contributed by atoms with E-state index in [1.54, 1.807) is 6.92 Å². The first-order valence-electron chi connectivity index (χ1n) is 7.47. The van der Waals surface area contributed by atoms with Crippen LogP contribution in [-0.2, 0) is 20.1 Å². The first kappa shape index (κ1) is 14.9. The number of Topliss-reactive ketones (excluding diaryl/α,β-unsaturated/α-hetero) is 1. The van der Waals surface area contributed by atoms with E-state index in [1.165, 1.54) is 0 Å². The highest BCUT2D eigenvalue weighted by molar-refractivity contribution is 5.82. The minimum absolute atomic E-state index is 0.0854. The standard InChI is InChI=1S/C19H20O3/c1-15(20)18(2)13-21-19(22-14-18,16-9-5-3-6-10-16)17-11-7-4-8-12-17/h3-12H,13-14H2,1-2H3. The number of carbonyl (C=O) groups excluding carboxylic acids is 1. The van der Waals surface area contributed by atoms with E-state index in [-0.39, 0.29) is 5.78 Å². The molecule has 3 nitrogen and oxygen atoms in total. The van der Waals surface area contributed by atoms with E-state index in [9.17, 15) is 4.79 Å². The van der Waals surface area contributed by atoms with Gasteiger partial charge in [-0.1, -0.05) is 60.7 Å². The van der Waals surface area contributed by atoms with E-state index in [1.807, 2.05) is 67.6 Å². The Morgan fingerprint density at radius 1 is 0.864 bits per heavy atom. The van der Waals surface area contributed by atoms with Gasteiger partial charge in [0.1, 0.15) is 5.78 Å². The summed E-state index contributed by atoms with van der Waals surface area (Å²) in [5.41, 5.74) is 1.28. The number of rotatable bonds is 3. The summed E-state index contributed by atoms with van der Waals surface area (Å²) in [6.07, 6.45) is 0. The van der Waals surface area contributed by atoms with Gasteiger partial charge in [0.15, 0.2) is 0 Å². The molecule has 0 unspecified atom stereocenters. The Balaban J connectivity index is 2.02. The van der Waals surface area contributed by atoms with Gasteiger partial charge in [0, 0.05) is 11.1 Å². The minimum atomic E-state index is -0.947. The molecule has 1 aliphatic rings. The highest BCUT2D eigenvalue weighted by Gasteiger charge is 2.47. The zero-order valence-electron chi connectivity index (χ0n) is 12.9. The molecule has 2 aromatic rings. The summed E-state index contributed by atoms with van der Waals surface area (Å²) in [6, 6.07) is 19.7. The maximum absolute atomic E-state index is 11.8. The molecule has 0 bridgehead atoms. The van der Waals surface area contributed by atoms with Gasteiger partial charge >= 0.3 is 0 Å². The van der Waals surface area contributed by atoms with E-state index in [4.69, 9.17) is 9.47 Å². The van der Waals surface area contributed by atoms with Crippen molar-refractivity contribution in [2.24, 2.45) is 5.41 Å². The van der Waals surface area contributed by atoms with Gasteiger partial charge < -0.3 is 9.47 Å². The average molecular weight is 296 g/mol. The van der Waals surface area contributed by atoms with E-state index >= 15 is 0 Å². The third-order valence-electron chi connectivity index (χ3n) is 4.35. The Hall–Kier alpha value is -1.97. The van der Waals surface area contributed by atoms with Crippen molar-refractivity contribution in [1.82, 2.24) is 0 Å². The smallest absolute Gasteiger partial charge is 0.222 e. The summed E-state index contributed by atoms with van der Waals surface area (Å²) in [6.45, 7) is 4.15. The maximum Gasteiger partial charge on any atom is 0.222 e. The monoisotopic (exact) mass is 296 g/mol. The second-order valence-electron chi connectivity index (χ2n) is 6.04. The molecular formula is C19H20O3. The Labute approximate surface area is 130 Å². The van der Waals surface area contributed by atoms with Crippen molar-refractivity contribution in [3.63, 3.8) is 0 Å². The molecule has 22 heavy (non-hydrogen) atoms. The van der Waals surface area contributed by atoms with E-state index in [0.717, 1.165) is 11.1 Å². The lowest BCUT2D eigenvalue weighted by Gasteiger charge is -2.44. The molecule has 1 fully saturated rings. The molecule has 0 radical (unpaired) electrons. The van der Waals surface area contributed by atoms with Gasteiger partial charge in [-0.25, -0.2) is 0 Å². The third kappa shape index (κ3) is 2.47. The number of benzene rings is 2. The van der Waals surface area contributed by atoms with Crippen LogP contribution < -0.4 is 0 Å². The van der Waals surface area contributed by atoms with Crippen molar-refractivity contribution in [2.75, 3.05) is 13.2 Å². The predicted molar refractivity (Wildman–Crippen MR) is 84.4 cm³/mol. The fraction of sp³-hybridized carbons (Fsp3) is 0.316. The van der Waals surface area contributed by atoms with Gasteiger partial charge in [0.25, 0.3) is 0 Å². The van der Waals surface area contributed by atoms with Crippen LogP contribution in [0.5, 0.6) is 0 Å². The molecule has 0 aromatic heterocycles. The van der Waals surface area contributed by atoms with Gasteiger partial charge in [-0.2, -0.15) is 0 Å². The zero-order valence-corrected chi connectivity index (χ0v) is 12.9. The first-order valence-corrected chi connectivity index (χ1v) is 7.47. The Kier molecular flexibility index (Phi) is 3.85. The summed E-state index contributed by atoms with van der Waals surface area (Å²) in [4.78, 5) is 11.8. The molecule has 0 saturated carbocycles. The van der Waals surface area contributed by atoms with Crippen molar-refractivity contribution in [1.29, 1.82) is 0 Å². The average Bonchev–Trinajstić information content (AvgIpc) is 2.57. The molecule has 0 spiro atoms. The van der Waals surface area contributed by atoms with E-state index in [0.29, 0.717) is 13.2 Å². The summed E-state index contributed by atoms with van der Waals surface area (Å²) >= 11 is 0. The molecule has 0 aliphatic carbocycles. The molecule has 1 heterocycles. The Morgan fingerprint density at radius 2 is 1.27 bits per heavy atom. The lowest BCUT2D eigenvalue weighted by Crippen LogP contribution is -2.50. The van der Waals surface area contributed by atoms with Gasteiger partial charge in [-0.15, -0.1) is 0 Å². The highest BCUT2D eigenvalue weighted by Crippen LogP contribution is 2.41. The first-order chi connectivity index (χ1) is 10.6. The third-order valence-corrected chi connectivity index (χ3v) is 4.35. The van der Waals surface area contributed by atoms with Crippen LogP contribution in [0.2, 0.25) is 0 Å². The maximum atomic E-state index is 11.8. The van der Waals surface area contributed by atoms with Crippen LogP contribution in [-0.4, -0.2) is 19.0 Å². The Bertz CT molecular complexity index is 599. The zero-order chi connectivity index (χ0) is 15.6. The molecule has 114 valence electrons. The number of ether oxygens (including phenoxy) is 2.